The molecule has 0 radical (unpaired) electrons. The Balaban J connectivity index is 2.74. The molecule has 120 valence electrons. The van der Waals surface area contributed by atoms with E-state index in [1.807, 2.05) is 13.8 Å². The highest BCUT2D eigenvalue weighted by Crippen LogP contribution is 2.35. The number of nitrogens with zero attached hydrogens (tertiary/aromatic N) is 4. The molecule has 0 aromatic carbocycles. The summed E-state index contributed by atoms with van der Waals surface area (Å²) < 4.78 is 0. The number of nitroso groups, excluding NO2 is 1. The standard InChI is InChI=1S/C15H15ClN4O3/c1-8(2)12-13(9(3)6-7-17-12)20(19-23)14-10(15(21)22)4-5-11(16)18-14/h4-8H,1-3H3,(H,21,22). The fraction of sp³-hybridized carbons (Fsp3) is 0.267. The molecule has 0 saturated heterocycles. The molecule has 1 N–H and O–H groups in total. The van der Waals surface area contributed by atoms with Crippen LogP contribution < -0.4 is 5.01 Å². The lowest BCUT2D eigenvalue weighted by atomic mass is 10.0. The summed E-state index contributed by atoms with van der Waals surface area (Å²) in [6.45, 7) is 5.61. The molecule has 0 saturated carbocycles. The molecule has 0 bridgehead atoms. The molecule has 0 aliphatic rings. The van der Waals surface area contributed by atoms with Crippen molar-refractivity contribution < 1.29 is 9.90 Å². The largest absolute Gasteiger partial charge is 0.478 e. The Bertz CT molecular complexity index is 764. The normalized spacial score (nSPS) is 10.7. The fourth-order valence-electron chi connectivity index (χ4n) is 2.21. The van der Waals surface area contributed by atoms with E-state index >= 15 is 0 Å². The topological polar surface area (TPSA) is 95.8 Å². The third-order valence-corrected chi connectivity index (χ3v) is 3.48. The van der Waals surface area contributed by atoms with Crippen molar-refractivity contribution in [3.63, 3.8) is 0 Å². The van der Waals surface area contributed by atoms with Crippen molar-refractivity contribution in [3.05, 3.63) is 51.3 Å². The Hall–Kier alpha value is -2.54. The van der Waals surface area contributed by atoms with Crippen LogP contribution in [0, 0.1) is 11.8 Å². The van der Waals surface area contributed by atoms with Crippen molar-refractivity contribution in [2.75, 3.05) is 5.01 Å². The number of anilines is 2. The highest BCUT2D eigenvalue weighted by molar-refractivity contribution is 6.29. The van der Waals surface area contributed by atoms with Gasteiger partial charge in [-0.1, -0.05) is 25.4 Å². The number of aromatic carboxylic acids is 1. The van der Waals surface area contributed by atoms with Gasteiger partial charge in [0, 0.05) is 6.20 Å². The number of aryl methyl sites for hydroxylation is 1. The first-order chi connectivity index (χ1) is 10.9. The molecular weight excluding hydrogens is 320 g/mol. The number of carboxylic acids is 1. The third kappa shape index (κ3) is 3.29. The lowest BCUT2D eigenvalue weighted by Gasteiger charge is -2.22. The molecule has 0 fully saturated rings. The molecule has 0 aliphatic carbocycles. The maximum absolute atomic E-state index is 11.5. The number of carbonyl (C=O) groups is 1. The van der Waals surface area contributed by atoms with Crippen molar-refractivity contribution in [2.45, 2.75) is 26.7 Å². The van der Waals surface area contributed by atoms with E-state index in [4.69, 9.17) is 11.6 Å². The van der Waals surface area contributed by atoms with Gasteiger partial charge in [0.1, 0.15) is 10.7 Å². The Labute approximate surface area is 137 Å². The predicted octanol–water partition coefficient (Wildman–Crippen LogP) is 4.08. The summed E-state index contributed by atoms with van der Waals surface area (Å²) in [5.41, 5.74) is 1.57. The highest BCUT2D eigenvalue weighted by atomic mass is 35.5. The van der Waals surface area contributed by atoms with E-state index in [1.54, 1.807) is 19.2 Å². The van der Waals surface area contributed by atoms with Crippen molar-refractivity contribution >= 4 is 29.1 Å². The van der Waals surface area contributed by atoms with Crippen molar-refractivity contribution in [1.82, 2.24) is 9.97 Å². The van der Waals surface area contributed by atoms with Gasteiger partial charge in [0.25, 0.3) is 0 Å². The summed E-state index contributed by atoms with van der Waals surface area (Å²) in [6, 6.07) is 4.34. The summed E-state index contributed by atoms with van der Waals surface area (Å²) in [6.07, 6.45) is 1.63. The van der Waals surface area contributed by atoms with Gasteiger partial charge in [-0.05, 0) is 36.6 Å². The van der Waals surface area contributed by atoms with Gasteiger partial charge in [-0.3, -0.25) is 4.98 Å². The first-order valence-corrected chi connectivity index (χ1v) is 7.23. The van der Waals surface area contributed by atoms with Crippen LogP contribution in [0.15, 0.2) is 29.7 Å². The van der Waals surface area contributed by atoms with Crippen LogP contribution in [0.3, 0.4) is 0 Å². The average molecular weight is 335 g/mol. The summed E-state index contributed by atoms with van der Waals surface area (Å²) in [4.78, 5) is 31.2. The maximum atomic E-state index is 11.5. The second-order valence-electron chi connectivity index (χ2n) is 5.22. The van der Waals surface area contributed by atoms with Gasteiger partial charge in [0.15, 0.2) is 5.82 Å². The third-order valence-electron chi connectivity index (χ3n) is 3.27. The molecule has 8 heteroatoms. The van der Waals surface area contributed by atoms with Crippen LogP contribution in [0.2, 0.25) is 5.15 Å². The predicted molar refractivity (Wildman–Crippen MR) is 87.2 cm³/mol. The summed E-state index contributed by atoms with van der Waals surface area (Å²) in [7, 11) is 0. The molecule has 2 aromatic rings. The van der Waals surface area contributed by atoms with E-state index in [0.717, 1.165) is 10.6 Å². The van der Waals surface area contributed by atoms with Crippen LogP contribution in [0.4, 0.5) is 11.5 Å². The minimum absolute atomic E-state index is 0.00149. The molecule has 0 unspecified atom stereocenters. The quantitative estimate of drug-likeness (QED) is 0.503. The Morgan fingerprint density at radius 1 is 1.35 bits per heavy atom. The molecular formula is C15H15ClN4O3. The number of hydrogen-bond acceptors (Lipinski definition) is 5. The van der Waals surface area contributed by atoms with E-state index < -0.39 is 5.97 Å². The van der Waals surface area contributed by atoms with Gasteiger partial charge >= 0.3 is 5.97 Å². The van der Waals surface area contributed by atoms with Crippen LogP contribution in [0.5, 0.6) is 0 Å². The molecule has 0 aliphatic heterocycles. The Morgan fingerprint density at radius 3 is 2.61 bits per heavy atom. The van der Waals surface area contributed by atoms with Gasteiger partial charge in [-0.25, -0.2) is 9.78 Å². The monoisotopic (exact) mass is 334 g/mol. The first kappa shape index (κ1) is 16.8. The number of rotatable bonds is 5. The number of hydrogen-bond donors (Lipinski definition) is 1. The summed E-state index contributed by atoms with van der Waals surface area (Å²) in [5, 5.41) is 13.3. The number of carboxylic acid groups (broad SMARTS) is 1. The minimum Gasteiger partial charge on any atom is -0.478 e. The smallest absolute Gasteiger partial charge is 0.339 e. The molecule has 2 heterocycles. The lowest BCUT2D eigenvalue weighted by Crippen LogP contribution is -2.18. The maximum Gasteiger partial charge on any atom is 0.339 e. The number of halogens is 1. The van der Waals surface area contributed by atoms with Gasteiger partial charge in [-0.2, -0.15) is 5.01 Å². The van der Waals surface area contributed by atoms with Gasteiger partial charge in [0.05, 0.1) is 16.7 Å². The summed E-state index contributed by atoms with van der Waals surface area (Å²) in [5.74, 6) is -1.37. The second-order valence-corrected chi connectivity index (χ2v) is 5.61. The van der Waals surface area contributed by atoms with Crippen molar-refractivity contribution in [3.8, 4) is 0 Å². The van der Waals surface area contributed by atoms with Crippen LogP contribution >= 0.6 is 11.6 Å². The van der Waals surface area contributed by atoms with Crippen LogP contribution in [-0.4, -0.2) is 21.0 Å². The molecule has 7 nitrogen and oxygen atoms in total. The SMILES string of the molecule is Cc1ccnc(C(C)C)c1N(N=O)c1nc(Cl)ccc1C(=O)O. The zero-order valence-electron chi connectivity index (χ0n) is 12.8. The fourth-order valence-corrected chi connectivity index (χ4v) is 2.35. The molecule has 0 atom stereocenters. The van der Waals surface area contributed by atoms with E-state index in [9.17, 15) is 14.8 Å². The molecule has 2 rings (SSSR count). The Kier molecular flexibility index (Phi) is 4.90. The van der Waals surface area contributed by atoms with Crippen LogP contribution in [0.1, 0.15) is 41.4 Å². The zero-order valence-corrected chi connectivity index (χ0v) is 13.6. The molecule has 23 heavy (non-hydrogen) atoms. The first-order valence-electron chi connectivity index (χ1n) is 6.85. The summed E-state index contributed by atoms with van der Waals surface area (Å²) >= 11 is 5.86. The number of pyridine rings is 2. The van der Waals surface area contributed by atoms with Crippen molar-refractivity contribution in [1.29, 1.82) is 0 Å². The van der Waals surface area contributed by atoms with Crippen molar-refractivity contribution in [2.24, 2.45) is 5.29 Å². The molecule has 2 aromatic heterocycles. The minimum atomic E-state index is -1.23. The van der Waals surface area contributed by atoms with Gasteiger partial charge in [-0.15, -0.1) is 4.91 Å². The second kappa shape index (κ2) is 6.70. The van der Waals surface area contributed by atoms with E-state index in [-0.39, 0.29) is 22.5 Å². The van der Waals surface area contributed by atoms with Gasteiger partial charge in [0.2, 0.25) is 0 Å². The molecule has 0 spiro atoms. The highest BCUT2D eigenvalue weighted by Gasteiger charge is 2.25. The Morgan fingerprint density at radius 2 is 2.04 bits per heavy atom. The molecule has 0 amide bonds. The zero-order chi connectivity index (χ0) is 17.1. The lowest BCUT2D eigenvalue weighted by molar-refractivity contribution is 0.0697. The van der Waals surface area contributed by atoms with E-state index in [0.29, 0.717) is 11.4 Å². The van der Waals surface area contributed by atoms with E-state index in [2.05, 4.69) is 15.3 Å². The van der Waals surface area contributed by atoms with E-state index in [1.165, 1.54) is 12.1 Å². The van der Waals surface area contributed by atoms with Crippen LogP contribution in [0.25, 0.3) is 0 Å². The van der Waals surface area contributed by atoms with Gasteiger partial charge < -0.3 is 5.11 Å². The average Bonchev–Trinajstić information content (AvgIpc) is 2.49. The number of aromatic nitrogens is 2. The van der Waals surface area contributed by atoms with Crippen LogP contribution in [-0.2, 0) is 0 Å².